The van der Waals surface area contributed by atoms with Gasteiger partial charge in [-0.25, -0.2) is 4.90 Å². The van der Waals surface area contributed by atoms with Crippen LogP contribution in [-0.2, 0) is 6.54 Å². The first kappa shape index (κ1) is 16.8. The number of imide groups is 1. The Kier molecular flexibility index (Phi) is 4.12. The minimum Gasteiger partial charge on any atom is -0.399 e. The van der Waals surface area contributed by atoms with E-state index in [-0.39, 0.29) is 11.8 Å². The molecule has 3 N–H and O–H groups in total. The van der Waals surface area contributed by atoms with Gasteiger partial charge in [0.15, 0.2) is 0 Å². The molecular weight excluding hydrogens is 338 g/mol. The Labute approximate surface area is 157 Å². The van der Waals surface area contributed by atoms with Gasteiger partial charge in [-0.1, -0.05) is 29.8 Å². The Hall–Kier alpha value is -3.60. The van der Waals surface area contributed by atoms with Crippen LogP contribution in [-0.4, -0.2) is 11.8 Å². The molecule has 0 fully saturated rings. The normalized spacial score (nSPS) is 13.0. The maximum atomic E-state index is 12.8. The van der Waals surface area contributed by atoms with Crippen molar-refractivity contribution in [2.75, 3.05) is 16.0 Å². The molecule has 1 aliphatic rings. The second-order valence-corrected chi connectivity index (χ2v) is 6.64. The molecule has 5 heteroatoms. The number of anilines is 3. The van der Waals surface area contributed by atoms with Crippen LogP contribution in [0.25, 0.3) is 0 Å². The van der Waals surface area contributed by atoms with Gasteiger partial charge < -0.3 is 11.1 Å². The number of carbonyl (C=O) groups excluding carboxylic acids is 2. The molecule has 0 radical (unpaired) electrons. The Morgan fingerprint density at radius 3 is 2.22 bits per heavy atom. The van der Waals surface area contributed by atoms with Gasteiger partial charge in [-0.05, 0) is 55.0 Å². The fourth-order valence-electron chi connectivity index (χ4n) is 3.12. The van der Waals surface area contributed by atoms with Gasteiger partial charge in [0.05, 0.1) is 16.8 Å². The average molecular weight is 357 g/mol. The molecule has 4 rings (SSSR count). The van der Waals surface area contributed by atoms with Crippen molar-refractivity contribution >= 4 is 28.9 Å². The molecule has 0 bridgehead atoms. The van der Waals surface area contributed by atoms with Crippen molar-refractivity contribution in [3.63, 3.8) is 0 Å². The van der Waals surface area contributed by atoms with Crippen LogP contribution >= 0.6 is 0 Å². The highest BCUT2D eigenvalue weighted by Crippen LogP contribution is 2.30. The van der Waals surface area contributed by atoms with Crippen LogP contribution in [0.2, 0.25) is 0 Å². The van der Waals surface area contributed by atoms with Gasteiger partial charge >= 0.3 is 0 Å². The molecule has 0 aromatic heterocycles. The van der Waals surface area contributed by atoms with Crippen molar-refractivity contribution in [1.29, 1.82) is 0 Å². The first-order valence-electron chi connectivity index (χ1n) is 8.71. The molecular formula is C22H19N3O2. The van der Waals surface area contributed by atoms with E-state index in [0.717, 1.165) is 22.5 Å². The zero-order chi connectivity index (χ0) is 19.0. The number of aryl methyl sites for hydroxylation is 1. The lowest BCUT2D eigenvalue weighted by molar-refractivity contribution is 0.0926. The number of nitrogens with zero attached hydrogens (tertiary/aromatic N) is 1. The number of hydrogen-bond donors (Lipinski definition) is 2. The molecule has 1 aliphatic heterocycles. The van der Waals surface area contributed by atoms with E-state index >= 15 is 0 Å². The third kappa shape index (κ3) is 3.15. The second-order valence-electron chi connectivity index (χ2n) is 6.64. The molecule has 0 spiro atoms. The third-order valence-corrected chi connectivity index (χ3v) is 4.66. The van der Waals surface area contributed by atoms with Gasteiger partial charge in [0, 0.05) is 17.9 Å². The van der Waals surface area contributed by atoms with Crippen LogP contribution in [0, 0.1) is 6.92 Å². The molecule has 27 heavy (non-hydrogen) atoms. The number of nitrogen functional groups attached to an aromatic ring is 1. The van der Waals surface area contributed by atoms with Crippen LogP contribution in [0.5, 0.6) is 0 Å². The molecule has 0 aliphatic carbocycles. The number of fused-ring (bicyclic) bond motifs is 1. The Morgan fingerprint density at radius 2 is 1.52 bits per heavy atom. The van der Waals surface area contributed by atoms with Gasteiger partial charge in [0.25, 0.3) is 11.8 Å². The van der Waals surface area contributed by atoms with E-state index in [2.05, 4.69) is 5.32 Å². The van der Waals surface area contributed by atoms with Crippen molar-refractivity contribution in [1.82, 2.24) is 0 Å². The van der Waals surface area contributed by atoms with Gasteiger partial charge in [0.1, 0.15) is 0 Å². The van der Waals surface area contributed by atoms with E-state index in [0.29, 0.717) is 23.4 Å². The standard InChI is InChI=1S/C22H19N3O2/c1-14-2-9-18(10-3-14)25-21(26)19-11-8-17(12-20(19)22(25)27)24-13-15-4-6-16(23)7-5-15/h2-12,24H,13,23H2,1H3. The summed E-state index contributed by atoms with van der Waals surface area (Å²) in [6.45, 7) is 2.56. The second kappa shape index (κ2) is 6.61. The maximum Gasteiger partial charge on any atom is 0.266 e. The number of nitrogens with two attached hydrogens (primary N) is 1. The van der Waals surface area contributed by atoms with E-state index < -0.39 is 0 Å². The summed E-state index contributed by atoms with van der Waals surface area (Å²) >= 11 is 0. The van der Waals surface area contributed by atoms with E-state index in [1.54, 1.807) is 24.3 Å². The highest BCUT2D eigenvalue weighted by molar-refractivity contribution is 6.34. The summed E-state index contributed by atoms with van der Waals surface area (Å²) in [4.78, 5) is 26.7. The van der Waals surface area contributed by atoms with Crippen LogP contribution in [0.3, 0.4) is 0 Å². The minimum absolute atomic E-state index is 0.288. The highest BCUT2D eigenvalue weighted by Gasteiger charge is 2.36. The summed E-state index contributed by atoms with van der Waals surface area (Å²) < 4.78 is 0. The van der Waals surface area contributed by atoms with Gasteiger partial charge in [-0.15, -0.1) is 0 Å². The number of hydrogen-bond acceptors (Lipinski definition) is 4. The molecule has 5 nitrogen and oxygen atoms in total. The lowest BCUT2D eigenvalue weighted by atomic mass is 10.1. The first-order valence-corrected chi connectivity index (χ1v) is 8.71. The lowest BCUT2D eigenvalue weighted by Crippen LogP contribution is -2.29. The molecule has 1 heterocycles. The zero-order valence-electron chi connectivity index (χ0n) is 14.9. The highest BCUT2D eigenvalue weighted by atomic mass is 16.2. The van der Waals surface area contributed by atoms with Crippen molar-refractivity contribution in [2.45, 2.75) is 13.5 Å². The van der Waals surface area contributed by atoms with Crippen LogP contribution in [0.4, 0.5) is 17.1 Å². The summed E-state index contributed by atoms with van der Waals surface area (Å²) in [5, 5.41) is 3.28. The minimum atomic E-state index is -0.296. The SMILES string of the molecule is Cc1ccc(N2C(=O)c3ccc(NCc4ccc(N)cc4)cc3C2=O)cc1. The summed E-state index contributed by atoms with van der Waals surface area (Å²) in [7, 11) is 0. The maximum absolute atomic E-state index is 12.8. The largest absolute Gasteiger partial charge is 0.399 e. The molecule has 0 saturated carbocycles. The molecule has 0 unspecified atom stereocenters. The molecule has 0 atom stereocenters. The van der Waals surface area contributed by atoms with E-state index in [1.165, 1.54) is 4.90 Å². The topological polar surface area (TPSA) is 75.4 Å². The van der Waals surface area contributed by atoms with Crippen molar-refractivity contribution in [3.8, 4) is 0 Å². The Morgan fingerprint density at radius 1 is 0.852 bits per heavy atom. The predicted molar refractivity (Wildman–Crippen MR) is 107 cm³/mol. The molecule has 3 aromatic carbocycles. The number of carbonyl (C=O) groups is 2. The summed E-state index contributed by atoms with van der Waals surface area (Å²) in [6.07, 6.45) is 0. The number of benzene rings is 3. The first-order chi connectivity index (χ1) is 13.0. The van der Waals surface area contributed by atoms with Gasteiger partial charge in [0.2, 0.25) is 0 Å². The molecule has 2 amide bonds. The molecule has 134 valence electrons. The van der Waals surface area contributed by atoms with Crippen LogP contribution in [0.1, 0.15) is 31.8 Å². The summed E-state index contributed by atoms with van der Waals surface area (Å²) in [6, 6.07) is 20.2. The quantitative estimate of drug-likeness (QED) is 0.547. The fourth-order valence-corrected chi connectivity index (χ4v) is 3.12. The molecule has 0 saturated heterocycles. The average Bonchev–Trinajstić information content (AvgIpc) is 2.92. The third-order valence-electron chi connectivity index (χ3n) is 4.66. The van der Waals surface area contributed by atoms with E-state index in [1.807, 2.05) is 49.4 Å². The lowest BCUT2D eigenvalue weighted by Gasteiger charge is -2.13. The summed E-state index contributed by atoms with van der Waals surface area (Å²) in [5.41, 5.74) is 10.8. The van der Waals surface area contributed by atoms with E-state index in [4.69, 9.17) is 5.73 Å². The van der Waals surface area contributed by atoms with Crippen molar-refractivity contribution in [3.05, 3.63) is 89.0 Å². The van der Waals surface area contributed by atoms with Crippen LogP contribution in [0.15, 0.2) is 66.7 Å². The number of amides is 2. The van der Waals surface area contributed by atoms with Crippen LogP contribution < -0.4 is 16.0 Å². The number of rotatable bonds is 4. The van der Waals surface area contributed by atoms with Crippen molar-refractivity contribution in [2.24, 2.45) is 0 Å². The van der Waals surface area contributed by atoms with Gasteiger partial charge in [-0.3, -0.25) is 9.59 Å². The Balaban J connectivity index is 1.56. The Bertz CT molecular complexity index is 1020. The monoisotopic (exact) mass is 357 g/mol. The molecule has 3 aromatic rings. The number of nitrogens with one attached hydrogen (secondary N) is 1. The van der Waals surface area contributed by atoms with E-state index in [9.17, 15) is 9.59 Å². The van der Waals surface area contributed by atoms with Crippen molar-refractivity contribution < 1.29 is 9.59 Å². The predicted octanol–water partition coefficient (Wildman–Crippen LogP) is 3.99. The summed E-state index contributed by atoms with van der Waals surface area (Å²) in [5.74, 6) is -0.584. The smallest absolute Gasteiger partial charge is 0.266 e. The fraction of sp³-hybridized carbons (Fsp3) is 0.0909. The zero-order valence-corrected chi connectivity index (χ0v) is 14.9. The van der Waals surface area contributed by atoms with Gasteiger partial charge in [-0.2, -0.15) is 0 Å².